The topological polar surface area (TPSA) is 272 Å². The highest BCUT2D eigenvalue weighted by atomic mass is 31.3. The number of amides is 2. The average molecular weight is 550 g/mol. The summed E-state index contributed by atoms with van der Waals surface area (Å²) in [5.41, 5.74) is 8.97. The third kappa shape index (κ3) is 9.07. The van der Waals surface area contributed by atoms with Gasteiger partial charge in [-0.25, -0.2) is 18.5 Å². The molecule has 2 amide bonds. The Labute approximate surface area is 191 Å². The van der Waals surface area contributed by atoms with Gasteiger partial charge in [-0.1, -0.05) is 10.3 Å². The van der Waals surface area contributed by atoms with Gasteiger partial charge in [0.25, 0.3) is 0 Å². The van der Waals surface area contributed by atoms with Crippen molar-refractivity contribution in [2.45, 2.75) is 44.9 Å². The Bertz CT molecular complexity index is 1020. The van der Waals surface area contributed by atoms with Crippen molar-refractivity contribution in [1.82, 2.24) is 10.2 Å². The van der Waals surface area contributed by atoms with E-state index in [1.165, 1.54) is 12.3 Å². The fraction of sp³-hybridized carbons (Fsp3) is 0.667. The molecule has 4 unspecified atom stereocenters. The van der Waals surface area contributed by atoms with Gasteiger partial charge in [-0.05, 0) is 25.5 Å². The number of phosphoric ester groups is 1. The smallest absolute Gasteiger partial charge is 0.389 e. The number of nitrogens with one attached hydrogen (secondary N) is 1. The monoisotopic (exact) mass is 550 g/mol. The maximum Gasteiger partial charge on any atom is 0.490 e. The number of nitrogens with zero attached hydrogens (tertiary/aromatic N) is 5. The van der Waals surface area contributed by atoms with Crippen molar-refractivity contribution in [1.29, 1.82) is 0 Å². The van der Waals surface area contributed by atoms with Crippen LogP contribution < -0.4 is 5.32 Å². The molecule has 19 nitrogen and oxygen atoms in total. The number of azide groups is 1. The number of phosphoric acid groups is 3. The lowest BCUT2D eigenvalue weighted by Gasteiger charge is -2.29. The van der Waals surface area contributed by atoms with Gasteiger partial charge in [-0.2, -0.15) is 8.62 Å². The molecule has 192 valence electrons. The SMILES string of the molecule is CC(C)=NOC1C[C@H](N2C=CC(N=[N+]=[N-])NC2=O)O[C@@H]1COP(=O)(O)OP(=O)(O)OP(=O)(O)O. The van der Waals surface area contributed by atoms with Gasteiger partial charge in [0.05, 0.1) is 12.3 Å². The molecule has 0 aromatic heterocycles. The number of carbonyl (C=O) groups is 1. The minimum Gasteiger partial charge on any atom is -0.389 e. The van der Waals surface area contributed by atoms with Crippen LogP contribution in [0.3, 0.4) is 0 Å². The van der Waals surface area contributed by atoms with Crippen LogP contribution >= 0.6 is 23.5 Å². The van der Waals surface area contributed by atoms with Crippen molar-refractivity contribution in [3.63, 3.8) is 0 Å². The van der Waals surface area contributed by atoms with E-state index in [2.05, 4.69) is 33.6 Å². The number of carbonyl (C=O) groups excluding carboxylic acids is 1. The molecule has 0 spiro atoms. The maximum absolute atomic E-state index is 12.3. The quantitative estimate of drug-likeness (QED) is 0.0608. The lowest BCUT2D eigenvalue weighted by molar-refractivity contribution is -0.0659. The van der Waals surface area contributed by atoms with Crippen LogP contribution in [0.4, 0.5) is 4.79 Å². The van der Waals surface area contributed by atoms with Crippen molar-refractivity contribution >= 4 is 35.2 Å². The molecule has 2 heterocycles. The Morgan fingerprint density at radius 1 is 1.26 bits per heavy atom. The van der Waals surface area contributed by atoms with Crippen LogP contribution in [0.25, 0.3) is 10.4 Å². The molecule has 2 aliphatic rings. The van der Waals surface area contributed by atoms with E-state index in [9.17, 15) is 28.3 Å². The van der Waals surface area contributed by atoms with Gasteiger partial charge < -0.3 is 34.5 Å². The number of hydrogen-bond acceptors (Lipinski definition) is 11. The van der Waals surface area contributed by atoms with Gasteiger partial charge in [-0.15, -0.1) is 0 Å². The Kier molecular flexibility index (Phi) is 9.41. The van der Waals surface area contributed by atoms with Crippen LogP contribution in [0.2, 0.25) is 0 Å². The minimum absolute atomic E-state index is 0.00878. The number of urea groups is 1. The summed E-state index contributed by atoms with van der Waals surface area (Å²) in [6, 6.07) is -0.688. The first-order valence-electron chi connectivity index (χ1n) is 9.03. The minimum atomic E-state index is -5.69. The Balaban J connectivity index is 2.10. The van der Waals surface area contributed by atoms with E-state index >= 15 is 0 Å². The molecule has 0 saturated carbocycles. The summed E-state index contributed by atoms with van der Waals surface area (Å²) < 4.78 is 51.6. The molecule has 22 heteroatoms. The highest BCUT2D eigenvalue weighted by Gasteiger charge is 2.45. The van der Waals surface area contributed by atoms with Crippen LogP contribution in [0, 0.1) is 0 Å². The lowest BCUT2D eigenvalue weighted by atomic mass is 10.2. The van der Waals surface area contributed by atoms with Crippen molar-refractivity contribution in [2.24, 2.45) is 10.3 Å². The summed E-state index contributed by atoms with van der Waals surface area (Å²) in [5, 5.41) is 9.49. The fourth-order valence-electron chi connectivity index (χ4n) is 2.62. The van der Waals surface area contributed by atoms with E-state index in [0.29, 0.717) is 5.71 Å². The summed E-state index contributed by atoms with van der Waals surface area (Å²) in [6.07, 6.45) is -1.37. The third-order valence-corrected chi connectivity index (χ3v) is 7.59. The predicted octanol–water partition coefficient (Wildman–Crippen LogP) is 1.40. The van der Waals surface area contributed by atoms with E-state index in [-0.39, 0.29) is 6.42 Å². The summed E-state index contributed by atoms with van der Waals surface area (Å²) in [6.45, 7) is 2.43. The van der Waals surface area contributed by atoms with E-state index in [4.69, 9.17) is 24.9 Å². The van der Waals surface area contributed by atoms with Gasteiger partial charge in [0.1, 0.15) is 18.5 Å². The summed E-state index contributed by atoms with van der Waals surface area (Å²) in [4.78, 5) is 57.3. The highest BCUT2D eigenvalue weighted by Crippen LogP contribution is 2.66. The maximum atomic E-state index is 12.3. The zero-order valence-electron chi connectivity index (χ0n) is 17.4. The second-order valence-corrected chi connectivity index (χ2v) is 11.2. The van der Waals surface area contributed by atoms with Crippen LogP contribution in [-0.4, -0.2) is 67.4 Å². The van der Waals surface area contributed by atoms with E-state index in [0.717, 1.165) is 4.90 Å². The molecule has 6 atom stereocenters. The summed E-state index contributed by atoms with van der Waals surface area (Å²) >= 11 is 0. The lowest BCUT2D eigenvalue weighted by Crippen LogP contribution is -2.49. The molecule has 0 bridgehead atoms. The zero-order valence-corrected chi connectivity index (χ0v) is 20.1. The molecule has 0 aromatic rings. The second-order valence-electron chi connectivity index (χ2n) is 6.78. The molecular weight excluding hydrogens is 529 g/mol. The van der Waals surface area contributed by atoms with E-state index in [1.54, 1.807) is 13.8 Å². The molecule has 34 heavy (non-hydrogen) atoms. The van der Waals surface area contributed by atoms with Crippen LogP contribution in [-0.2, 0) is 36.4 Å². The molecule has 1 fully saturated rings. The standard InChI is InChI=1S/C12H21N6O13P3/c1-7(2)16-29-8-5-11(18-4-3-10(15-17-13)14-12(18)19)28-9(8)6-27-33(23,24)31-34(25,26)30-32(20,21)22/h3-4,8-11H,5-6H2,1-2H3,(H,14,19)(H,23,24)(H,25,26)(H2,20,21,22)/t8?,9-,10?,11-/m1/s1. The predicted molar refractivity (Wildman–Crippen MR) is 109 cm³/mol. The molecule has 1 saturated heterocycles. The Morgan fingerprint density at radius 2 is 1.94 bits per heavy atom. The largest absolute Gasteiger partial charge is 0.490 e. The number of oxime groups is 1. The molecule has 2 aliphatic heterocycles. The van der Waals surface area contributed by atoms with Gasteiger partial charge >= 0.3 is 29.5 Å². The molecule has 0 radical (unpaired) electrons. The van der Waals surface area contributed by atoms with Crippen molar-refractivity contribution < 1.29 is 60.8 Å². The second kappa shape index (κ2) is 11.3. The number of hydrogen-bond donors (Lipinski definition) is 5. The van der Waals surface area contributed by atoms with Crippen LogP contribution in [0.1, 0.15) is 20.3 Å². The van der Waals surface area contributed by atoms with Crippen LogP contribution in [0.5, 0.6) is 0 Å². The number of rotatable bonds is 11. The molecule has 2 rings (SSSR count). The summed E-state index contributed by atoms with van der Waals surface area (Å²) in [5.74, 6) is 0. The molecule has 5 N–H and O–H groups in total. The molecule has 0 aliphatic carbocycles. The highest BCUT2D eigenvalue weighted by molar-refractivity contribution is 7.66. The zero-order chi connectivity index (χ0) is 25.7. The van der Waals surface area contributed by atoms with Crippen molar-refractivity contribution in [2.75, 3.05) is 6.61 Å². The first-order valence-corrected chi connectivity index (χ1v) is 13.5. The van der Waals surface area contributed by atoms with Gasteiger partial charge in [0.15, 0.2) is 6.10 Å². The van der Waals surface area contributed by atoms with E-state index < -0.39 is 60.7 Å². The average Bonchev–Trinajstić information content (AvgIpc) is 3.05. The first kappa shape index (κ1) is 28.4. The first-order chi connectivity index (χ1) is 15.6. The van der Waals surface area contributed by atoms with Gasteiger partial charge in [0, 0.05) is 17.5 Å². The number of ether oxygens (including phenoxy) is 1. The Morgan fingerprint density at radius 3 is 2.50 bits per heavy atom. The third-order valence-electron chi connectivity index (χ3n) is 3.79. The van der Waals surface area contributed by atoms with Crippen molar-refractivity contribution in [3.8, 4) is 0 Å². The fourth-order valence-corrected chi connectivity index (χ4v) is 5.65. The summed E-state index contributed by atoms with van der Waals surface area (Å²) in [7, 11) is -16.6. The van der Waals surface area contributed by atoms with Crippen molar-refractivity contribution in [3.05, 3.63) is 22.7 Å². The molecular formula is C12H21N6O13P3. The van der Waals surface area contributed by atoms with Gasteiger partial charge in [0.2, 0.25) is 0 Å². The van der Waals surface area contributed by atoms with Gasteiger partial charge in [-0.3, -0.25) is 9.42 Å². The van der Waals surface area contributed by atoms with Crippen LogP contribution in [0.15, 0.2) is 22.5 Å². The van der Waals surface area contributed by atoms with E-state index in [1.807, 2.05) is 0 Å². The Hall–Kier alpha value is -1.84. The normalized spacial score (nSPS) is 28.3. The molecule has 0 aromatic carbocycles.